The van der Waals surface area contributed by atoms with Gasteiger partial charge in [-0.15, -0.1) is 0 Å². The minimum Gasteiger partial charge on any atom is -0.438 e. The minimum absolute atomic E-state index is 0.0122. The lowest BCUT2D eigenvalue weighted by Crippen LogP contribution is -2.35. The van der Waals surface area contributed by atoms with Crippen molar-refractivity contribution in [2.24, 2.45) is 0 Å². The molecule has 0 bridgehead atoms. The van der Waals surface area contributed by atoms with Crippen molar-refractivity contribution in [2.75, 3.05) is 13.2 Å². The van der Waals surface area contributed by atoms with E-state index >= 15 is 0 Å². The highest BCUT2D eigenvalue weighted by Crippen LogP contribution is 2.34. The van der Waals surface area contributed by atoms with Crippen LogP contribution in [-0.4, -0.2) is 43.8 Å². The minimum atomic E-state index is -0.328. The Kier molecular flexibility index (Phi) is 5.77. The summed E-state index contributed by atoms with van der Waals surface area (Å²) in [6, 6.07) is 14.4. The van der Waals surface area contributed by atoms with Gasteiger partial charge >= 0.3 is 0 Å². The van der Waals surface area contributed by atoms with Crippen LogP contribution in [0.25, 0.3) is 11.7 Å². The van der Waals surface area contributed by atoms with Crippen LogP contribution in [0.1, 0.15) is 18.4 Å². The van der Waals surface area contributed by atoms with Gasteiger partial charge in [-0.3, -0.25) is 18.9 Å². The quantitative estimate of drug-likeness (QED) is 0.418. The van der Waals surface area contributed by atoms with Gasteiger partial charge in [-0.05, 0) is 43.2 Å². The molecule has 1 amide bonds. The summed E-state index contributed by atoms with van der Waals surface area (Å²) in [6.45, 7) is 1.12. The molecule has 2 aromatic heterocycles. The Morgan fingerprint density at radius 3 is 2.78 bits per heavy atom. The molecule has 4 heterocycles. The van der Waals surface area contributed by atoms with Gasteiger partial charge in [0.05, 0.1) is 17.6 Å². The smallest absolute Gasteiger partial charge is 0.269 e. The SMILES string of the molecule is O=C1C(=Cc2c(Oc3ccccc3)nc3ccccn3c2=O)SC(=S)N1CC1CCCO1. The fourth-order valence-electron chi connectivity index (χ4n) is 3.66. The van der Waals surface area contributed by atoms with E-state index in [9.17, 15) is 9.59 Å². The lowest BCUT2D eigenvalue weighted by atomic mass is 10.2. The molecule has 5 rings (SSSR count). The number of hydrogen-bond acceptors (Lipinski definition) is 7. The number of thioether (sulfide) groups is 1. The third-order valence-corrected chi connectivity index (χ3v) is 6.63. The van der Waals surface area contributed by atoms with Gasteiger partial charge < -0.3 is 9.47 Å². The number of rotatable bonds is 5. The van der Waals surface area contributed by atoms with Crippen LogP contribution in [0.3, 0.4) is 0 Å². The molecule has 7 nitrogen and oxygen atoms in total. The van der Waals surface area contributed by atoms with Gasteiger partial charge in [-0.2, -0.15) is 4.98 Å². The number of hydrogen-bond donors (Lipinski definition) is 0. The number of carbonyl (C=O) groups excluding carboxylic acids is 1. The summed E-state index contributed by atoms with van der Waals surface area (Å²) in [5.41, 5.74) is 0.313. The van der Waals surface area contributed by atoms with E-state index in [0.717, 1.165) is 12.8 Å². The molecule has 2 fully saturated rings. The van der Waals surface area contributed by atoms with Crippen LogP contribution in [0, 0.1) is 0 Å². The van der Waals surface area contributed by atoms with Crippen molar-refractivity contribution in [1.82, 2.24) is 14.3 Å². The Bertz CT molecular complexity index is 1280. The lowest BCUT2D eigenvalue weighted by Gasteiger charge is -2.18. The van der Waals surface area contributed by atoms with E-state index in [1.54, 1.807) is 41.4 Å². The van der Waals surface area contributed by atoms with Crippen molar-refractivity contribution < 1.29 is 14.3 Å². The van der Waals surface area contributed by atoms with Gasteiger partial charge in [-0.1, -0.05) is 48.2 Å². The molecule has 2 aliphatic heterocycles. The molecule has 2 saturated heterocycles. The first kappa shape index (κ1) is 20.9. The first-order valence-electron chi connectivity index (χ1n) is 10.2. The van der Waals surface area contributed by atoms with Crippen LogP contribution in [0.5, 0.6) is 11.6 Å². The van der Waals surface area contributed by atoms with E-state index in [-0.39, 0.29) is 29.0 Å². The molecular weight excluding hydrogens is 446 g/mol. The van der Waals surface area contributed by atoms with Crippen molar-refractivity contribution in [3.8, 4) is 11.6 Å². The number of fused-ring (bicyclic) bond motifs is 1. The van der Waals surface area contributed by atoms with Crippen molar-refractivity contribution >= 4 is 45.9 Å². The standard InChI is InChI=1S/C23H19N3O4S2/c27-21-17(13-18-22(28)26(23(31)32-18)14-16-9-6-12-29-16)20(30-15-7-2-1-3-8-15)24-19-10-4-5-11-25(19)21/h1-5,7-8,10-11,13,16H,6,9,12,14H2. The van der Waals surface area contributed by atoms with Crippen LogP contribution in [0.2, 0.25) is 0 Å². The maximum Gasteiger partial charge on any atom is 0.269 e. The van der Waals surface area contributed by atoms with E-state index in [2.05, 4.69) is 4.98 Å². The van der Waals surface area contributed by atoms with Crippen molar-refractivity contribution in [1.29, 1.82) is 0 Å². The first-order chi connectivity index (χ1) is 15.6. The molecule has 1 atom stereocenters. The Balaban J connectivity index is 1.55. The van der Waals surface area contributed by atoms with E-state index < -0.39 is 0 Å². The van der Waals surface area contributed by atoms with E-state index in [1.165, 1.54) is 22.2 Å². The normalized spacial score (nSPS) is 19.9. The molecule has 1 aromatic carbocycles. The van der Waals surface area contributed by atoms with Crippen molar-refractivity contribution in [3.63, 3.8) is 0 Å². The predicted octanol–water partition coefficient (Wildman–Crippen LogP) is 3.87. The topological polar surface area (TPSA) is 73.1 Å². The third kappa shape index (κ3) is 4.06. The summed E-state index contributed by atoms with van der Waals surface area (Å²) < 4.78 is 13.5. The van der Waals surface area contributed by atoms with Gasteiger partial charge in [0.2, 0.25) is 5.88 Å². The highest BCUT2D eigenvalue weighted by molar-refractivity contribution is 8.26. The van der Waals surface area contributed by atoms with Gasteiger partial charge in [0.15, 0.2) is 0 Å². The van der Waals surface area contributed by atoms with Crippen LogP contribution >= 0.6 is 24.0 Å². The molecular formula is C23H19N3O4S2. The molecule has 0 saturated carbocycles. The average Bonchev–Trinajstić information content (AvgIpc) is 3.41. The van der Waals surface area contributed by atoms with E-state index in [4.69, 9.17) is 21.7 Å². The number of pyridine rings is 1. The highest BCUT2D eigenvalue weighted by Gasteiger charge is 2.35. The number of nitrogens with zero attached hydrogens (tertiary/aromatic N) is 3. The van der Waals surface area contributed by atoms with E-state index in [0.29, 0.717) is 33.8 Å². The Morgan fingerprint density at radius 1 is 1.19 bits per heavy atom. The maximum absolute atomic E-state index is 13.3. The second-order valence-electron chi connectivity index (χ2n) is 7.41. The van der Waals surface area contributed by atoms with Gasteiger partial charge in [0, 0.05) is 12.8 Å². The molecule has 162 valence electrons. The number of aromatic nitrogens is 2. The summed E-state index contributed by atoms with van der Waals surface area (Å²) in [4.78, 5) is 32.8. The van der Waals surface area contributed by atoms with Crippen LogP contribution in [0.4, 0.5) is 0 Å². The Hall–Kier alpha value is -3.01. The summed E-state index contributed by atoms with van der Waals surface area (Å²) in [5, 5.41) is 0. The number of ether oxygens (including phenoxy) is 2. The number of para-hydroxylation sites is 1. The molecule has 0 radical (unpaired) electrons. The van der Waals surface area contributed by atoms with Crippen LogP contribution < -0.4 is 10.3 Å². The fourth-order valence-corrected chi connectivity index (χ4v) is 4.92. The van der Waals surface area contributed by atoms with Crippen LogP contribution in [-0.2, 0) is 9.53 Å². The van der Waals surface area contributed by atoms with Crippen molar-refractivity contribution in [2.45, 2.75) is 18.9 Å². The number of amides is 1. The number of carbonyl (C=O) groups is 1. The van der Waals surface area contributed by atoms with Gasteiger partial charge in [0.1, 0.15) is 21.3 Å². The molecule has 0 spiro atoms. The first-order valence-corrected chi connectivity index (χ1v) is 11.4. The summed E-state index contributed by atoms with van der Waals surface area (Å²) in [5.74, 6) is 0.441. The summed E-state index contributed by atoms with van der Waals surface area (Å²) in [7, 11) is 0. The predicted molar refractivity (Wildman–Crippen MR) is 127 cm³/mol. The molecule has 32 heavy (non-hydrogen) atoms. The molecule has 0 N–H and O–H groups in total. The van der Waals surface area contributed by atoms with Gasteiger partial charge in [0.25, 0.3) is 11.5 Å². The zero-order chi connectivity index (χ0) is 22.1. The third-order valence-electron chi connectivity index (χ3n) is 5.25. The summed E-state index contributed by atoms with van der Waals surface area (Å²) >= 11 is 6.61. The second kappa shape index (κ2) is 8.85. The molecule has 9 heteroatoms. The average molecular weight is 466 g/mol. The van der Waals surface area contributed by atoms with E-state index in [1.807, 2.05) is 18.2 Å². The highest BCUT2D eigenvalue weighted by atomic mass is 32.2. The lowest BCUT2D eigenvalue weighted by molar-refractivity contribution is -0.123. The molecule has 0 aliphatic carbocycles. The molecule has 2 aliphatic rings. The zero-order valence-electron chi connectivity index (χ0n) is 17.0. The zero-order valence-corrected chi connectivity index (χ0v) is 18.6. The van der Waals surface area contributed by atoms with Crippen molar-refractivity contribution in [3.05, 3.63) is 75.6 Å². The Labute approximate surface area is 193 Å². The largest absolute Gasteiger partial charge is 0.438 e. The molecule has 3 aromatic rings. The summed E-state index contributed by atoms with van der Waals surface area (Å²) in [6.07, 6.45) is 5.04. The second-order valence-corrected chi connectivity index (χ2v) is 9.08. The number of benzene rings is 1. The number of thiocarbonyl (C=S) groups is 1. The fraction of sp³-hybridized carbons (Fsp3) is 0.217. The maximum atomic E-state index is 13.3. The van der Waals surface area contributed by atoms with Crippen LogP contribution in [0.15, 0.2) is 64.4 Å². The molecule has 1 unspecified atom stereocenters. The van der Waals surface area contributed by atoms with Gasteiger partial charge in [-0.25, -0.2) is 0 Å². The monoisotopic (exact) mass is 465 g/mol. The Morgan fingerprint density at radius 2 is 2.00 bits per heavy atom.